The third kappa shape index (κ3) is 2.46. The standard InChI is InChI=1S/C13H22N4/c1-10(2)17-9-13(7-14-17)16-6-5-12(8-16)15-11-3-4-11/h7,9-12,15H,3-6,8H2,1-2H3. The van der Waals surface area contributed by atoms with Crippen molar-refractivity contribution in [3.05, 3.63) is 12.4 Å². The van der Waals surface area contributed by atoms with Crippen LogP contribution in [0.4, 0.5) is 5.69 Å². The Labute approximate surface area is 103 Å². The van der Waals surface area contributed by atoms with Gasteiger partial charge in [0.05, 0.1) is 11.9 Å². The van der Waals surface area contributed by atoms with Crippen molar-refractivity contribution >= 4 is 5.69 Å². The van der Waals surface area contributed by atoms with Crippen molar-refractivity contribution in [3.8, 4) is 0 Å². The summed E-state index contributed by atoms with van der Waals surface area (Å²) in [6, 6.07) is 1.95. The van der Waals surface area contributed by atoms with E-state index in [0.29, 0.717) is 12.1 Å². The van der Waals surface area contributed by atoms with Crippen molar-refractivity contribution in [2.75, 3.05) is 18.0 Å². The summed E-state index contributed by atoms with van der Waals surface area (Å²) in [5, 5.41) is 8.13. The van der Waals surface area contributed by atoms with E-state index < -0.39 is 0 Å². The van der Waals surface area contributed by atoms with Crippen LogP contribution in [0.2, 0.25) is 0 Å². The fourth-order valence-electron chi connectivity index (χ4n) is 2.49. The molecule has 1 N–H and O–H groups in total. The van der Waals surface area contributed by atoms with Crippen molar-refractivity contribution in [2.24, 2.45) is 0 Å². The van der Waals surface area contributed by atoms with E-state index in [1.165, 1.54) is 24.9 Å². The van der Waals surface area contributed by atoms with E-state index in [0.717, 1.165) is 19.1 Å². The average molecular weight is 234 g/mol. The van der Waals surface area contributed by atoms with Crippen molar-refractivity contribution < 1.29 is 0 Å². The molecule has 0 bridgehead atoms. The molecule has 2 aliphatic rings. The van der Waals surface area contributed by atoms with Gasteiger partial charge in [0.15, 0.2) is 0 Å². The van der Waals surface area contributed by atoms with Crippen LogP contribution in [0.1, 0.15) is 39.2 Å². The molecule has 1 saturated carbocycles. The highest BCUT2D eigenvalue weighted by Gasteiger charge is 2.29. The number of nitrogens with zero attached hydrogens (tertiary/aromatic N) is 3. The van der Waals surface area contributed by atoms with Crippen molar-refractivity contribution in [3.63, 3.8) is 0 Å². The van der Waals surface area contributed by atoms with Crippen molar-refractivity contribution in [2.45, 2.75) is 51.2 Å². The lowest BCUT2D eigenvalue weighted by Gasteiger charge is -2.16. The lowest BCUT2D eigenvalue weighted by Crippen LogP contribution is -2.33. The first-order valence-corrected chi connectivity index (χ1v) is 6.77. The number of nitrogens with one attached hydrogen (secondary N) is 1. The lowest BCUT2D eigenvalue weighted by molar-refractivity contribution is 0.532. The maximum absolute atomic E-state index is 4.41. The van der Waals surface area contributed by atoms with Crippen LogP contribution in [0.15, 0.2) is 12.4 Å². The summed E-state index contributed by atoms with van der Waals surface area (Å²) in [5.41, 5.74) is 1.28. The van der Waals surface area contributed by atoms with Crippen LogP contribution >= 0.6 is 0 Å². The maximum atomic E-state index is 4.41. The molecule has 1 aromatic rings. The third-order valence-electron chi connectivity index (χ3n) is 3.72. The van der Waals surface area contributed by atoms with Gasteiger partial charge in [-0.05, 0) is 33.1 Å². The maximum Gasteiger partial charge on any atom is 0.0753 e. The van der Waals surface area contributed by atoms with E-state index in [9.17, 15) is 0 Å². The largest absolute Gasteiger partial charge is 0.367 e. The van der Waals surface area contributed by atoms with Gasteiger partial charge in [0, 0.05) is 37.4 Å². The van der Waals surface area contributed by atoms with E-state index in [-0.39, 0.29) is 0 Å². The molecular formula is C13H22N4. The molecule has 0 aromatic carbocycles. The Balaban J connectivity index is 1.60. The van der Waals surface area contributed by atoms with Crippen molar-refractivity contribution in [1.29, 1.82) is 0 Å². The molecule has 1 aromatic heterocycles. The molecule has 4 heteroatoms. The molecule has 4 nitrogen and oxygen atoms in total. The molecule has 1 atom stereocenters. The van der Waals surface area contributed by atoms with E-state index >= 15 is 0 Å². The number of rotatable bonds is 4. The number of hydrogen-bond acceptors (Lipinski definition) is 3. The summed E-state index contributed by atoms with van der Waals surface area (Å²) in [6.07, 6.45) is 8.19. The van der Waals surface area contributed by atoms with Gasteiger partial charge in [-0.1, -0.05) is 0 Å². The highest BCUT2D eigenvalue weighted by Crippen LogP contribution is 2.24. The Morgan fingerprint density at radius 3 is 2.76 bits per heavy atom. The summed E-state index contributed by atoms with van der Waals surface area (Å²) in [6.45, 7) is 6.63. The third-order valence-corrected chi connectivity index (χ3v) is 3.72. The first-order chi connectivity index (χ1) is 8.22. The Hall–Kier alpha value is -1.03. The molecular weight excluding hydrogens is 212 g/mol. The average Bonchev–Trinajstić information content (AvgIpc) is 2.82. The second-order valence-electron chi connectivity index (χ2n) is 5.64. The first-order valence-electron chi connectivity index (χ1n) is 6.77. The van der Waals surface area contributed by atoms with Crippen molar-refractivity contribution in [1.82, 2.24) is 15.1 Å². The SMILES string of the molecule is CC(C)n1cc(N2CCC(NC3CC3)C2)cn1. The zero-order valence-corrected chi connectivity index (χ0v) is 10.8. The summed E-state index contributed by atoms with van der Waals surface area (Å²) in [4.78, 5) is 2.45. The molecule has 1 unspecified atom stereocenters. The molecule has 2 heterocycles. The summed E-state index contributed by atoms with van der Waals surface area (Å²) >= 11 is 0. The topological polar surface area (TPSA) is 33.1 Å². The predicted octanol–water partition coefficient (Wildman–Crippen LogP) is 1.79. The smallest absolute Gasteiger partial charge is 0.0753 e. The minimum Gasteiger partial charge on any atom is -0.367 e. The quantitative estimate of drug-likeness (QED) is 0.862. The minimum absolute atomic E-state index is 0.451. The van der Waals surface area contributed by atoms with Gasteiger partial charge in [-0.2, -0.15) is 5.10 Å². The molecule has 94 valence electrons. The first kappa shape index (κ1) is 11.1. The van der Waals surface area contributed by atoms with Crippen LogP contribution in [0.3, 0.4) is 0 Å². The molecule has 17 heavy (non-hydrogen) atoms. The Morgan fingerprint density at radius 2 is 2.12 bits per heavy atom. The molecule has 1 aliphatic heterocycles. The molecule has 1 aliphatic carbocycles. The number of aromatic nitrogens is 2. The van der Waals surface area contributed by atoms with Gasteiger partial charge in [0.1, 0.15) is 0 Å². The van der Waals surface area contributed by atoms with E-state index in [1.54, 1.807) is 0 Å². The monoisotopic (exact) mass is 234 g/mol. The highest BCUT2D eigenvalue weighted by atomic mass is 15.3. The summed E-state index contributed by atoms with van der Waals surface area (Å²) in [7, 11) is 0. The number of hydrogen-bond donors (Lipinski definition) is 1. The Bertz CT molecular complexity index is 381. The Morgan fingerprint density at radius 1 is 1.29 bits per heavy atom. The fraction of sp³-hybridized carbons (Fsp3) is 0.769. The zero-order chi connectivity index (χ0) is 11.8. The normalized spacial score (nSPS) is 24.9. The van der Waals surface area contributed by atoms with Gasteiger partial charge in [0.2, 0.25) is 0 Å². The second-order valence-corrected chi connectivity index (χ2v) is 5.64. The zero-order valence-electron chi connectivity index (χ0n) is 10.8. The van der Waals surface area contributed by atoms with Gasteiger partial charge in [-0.3, -0.25) is 4.68 Å². The van der Waals surface area contributed by atoms with Gasteiger partial charge < -0.3 is 10.2 Å². The van der Waals surface area contributed by atoms with E-state index in [1.807, 2.05) is 10.9 Å². The van der Waals surface area contributed by atoms with Crippen LogP contribution in [-0.4, -0.2) is 35.0 Å². The number of anilines is 1. The molecule has 0 spiro atoms. The summed E-state index contributed by atoms with van der Waals surface area (Å²) < 4.78 is 2.04. The Kier molecular flexibility index (Phi) is 2.82. The van der Waals surface area contributed by atoms with Gasteiger partial charge in [-0.25, -0.2) is 0 Å². The fourth-order valence-corrected chi connectivity index (χ4v) is 2.49. The minimum atomic E-state index is 0.451. The van der Waals surface area contributed by atoms with Gasteiger partial charge in [0.25, 0.3) is 0 Å². The molecule has 3 rings (SSSR count). The van der Waals surface area contributed by atoms with Crippen LogP contribution in [0, 0.1) is 0 Å². The molecule has 2 fully saturated rings. The van der Waals surface area contributed by atoms with Crippen LogP contribution in [-0.2, 0) is 0 Å². The van der Waals surface area contributed by atoms with E-state index in [2.05, 4.69) is 35.4 Å². The summed E-state index contributed by atoms with van der Waals surface area (Å²) in [5.74, 6) is 0. The second kappa shape index (κ2) is 4.33. The lowest BCUT2D eigenvalue weighted by atomic mass is 10.2. The van der Waals surface area contributed by atoms with Crippen LogP contribution in [0.5, 0.6) is 0 Å². The molecule has 0 amide bonds. The van der Waals surface area contributed by atoms with Gasteiger partial charge in [-0.15, -0.1) is 0 Å². The predicted molar refractivity (Wildman–Crippen MR) is 69.4 cm³/mol. The van der Waals surface area contributed by atoms with Crippen LogP contribution in [0.25, 0.3) is 0 Å². The van der Waals surface area contributed by atoms with E-state index in [4.69, 9.17) is 0 Å². The molecule has 1 saturated heterocycles. The van der Waals surface area contributed by atoms with Gasteiger partial charge >= 0.3 is 0 Å². The highest BCUT2D eigenvalue weighted by molar-refractivity contribution is 5.44. The van der Waals surface area contributed by atoms with Crippen LogP contribution < -0.4 is 10.2 Å². The molecule has 0 radical (unpaired) electrons.